The zero-order valence-electron chi connectivity index (χ0n) is 7.10. The first-order valence-electron chi connectivity index (χ1n) is 3.92. The predicted octanol–water partition coefficient (Wildman–Crippen LogP) is 0.0759. The van der Waals surface area contributed by atoms with E-state index < -0.39 is 0 Å². The molecule has 0 aliphatic rings. The summed E-state index contributed by atoms with van der Waals surface area (Å²) < 4.78 is 5.19. The Kier molecular flexibility index (Phi) is 3.67. The molecule has 5 heteroatoms. The average molecular weight is 178 g/mol. The lowest BCUT2D eigenvalue weighted by atomic mass is 10.4. The Hall–Kier alpha value is -1.67. The molecule has 68 valence electrons. The lowest BCUT2D eigenvalue weighted by Crippen LogP contribution is -2.07. The summed E-state index contributed by atoms with van der Waals surface area (Å²) in [5, 5.41) is 8.62. The van der Waals surface area contributed by atoms with Gasteiger partial charge in [-0.25, -0.2) is 9.97 Å². The van der Waals surface area contributed by atoms with E-state index in [1.165, 1.54) is 12.4 Å². The van der Waals surface area contributed by atoms with Gasteiger partial charge in [0, 0.05) is 12.4 Å². The van der Waals surface area contributed by atoms with Crippen LogP contribution in [0.4, 0.5) is 0 Å². The molecule has 0 atom stereocenters. The smallest absolute Gasteiger partial charge is 0.251 e. The van der Waals surface area contributed by atoms with Crippen LogP contribution in [0.5, 0.6) is 5.88 Å². The van der Waals surface area contributed by atoms with Crippen LogP contribution in [0.25, 0.3) is 0 Å². The number of ether oxygens (including phenoxy) is 1. The summed E-state index contributed by atoms with van der Waals surface area (Å²) in [4.78, 5) is 7.67. The highest BCUT2D eigenvalue weighted by Gasteiger charge is 2.03. The van der Waals surface area contributed by atoms with Crippen molar-refractivity contribution >= 4 is 0 Å². The van der Waals surface area contributed by atoms with Crippen LogP contribution in [0, 0.1) is 11.3 Å². The largest absolute Gasteiger partial charge is 0.476 e. The van der Waals surface area contributed by atoms with Gasteiger partial charge in [0.1, 0.15) is 6.07 Å². The molecule has 0 aliphatic heterocycles. The maximum atomic E-state index is 8.62. The average Bonchev–Trinajstić information content (AvgIpc) is 2.19. The quantitative estimate of drug-likeness (QED) is 0.660. The standard InChI is InChI=1S/C8H10N4O/c9-2-1-5-13-8-7(6-10)11-3-4-12-8/h3-4H,1-2,5,9H2. The topological polar surface area (TPSA) is 84.8 Å². The second-order valence-electron chi connectivity index (χ2n) is 2.31. The van der Waals surface area contributed by atoms with E-state index >= 15 is 0 Å². The van der Waals surface area contributed by atoms with E-state index in [1.807, 2.05) is 6.07 Å². The Balaban J connectivity index is 2.60. The van der Waals surface area contributed by atoms with E-state index in [9.17, 15) is 0 Å². The minimum absolute atomic E-state index is 0.208. The summed E-state index contributed by atoms with van der Waals surface area (Å²) in [6.07, 6.45) is 3.68. The number of nitrogens with two attached hydrogens (primary N) is 1. The molecule has 0 fully saturated rings. The van der Waals surface area contributed by atoms with Gasteiger partial charge in [-0.1, -0.05) is 0 Å². The fraction of sp³-hybridized carbons (Fsp3) is 0.375. The molecular weight excluding hydrogens is 168 g/mol. The first kappa shape index (κ1) is 9.42. The van der Waals surface area contributed by atoms with Gasteiger partial charge in [-0.15, -0.1) is 0 Å². The van der Waals surface area contributed by atoms with E-state index in [4.69, 9.17) is 15.7 Å². The summed E-state index contributed by atoms with van der Waals surface area (Å²) >= 11 is 0. The summed E-state index contributed by atoms with van der Waals surface area (Å²) in [5.74, 6) is 0.276. The molecule has 1 aromatic heterocycles. The Morgan fingerprint density at radius 1 is 1.46 bits per heavy atom. The van der Waals surface area contributed by atoms with Gasteiger partial charge in [0.25, 0.3) is 5.88 Å². The second-order valence-corrected chi connectivity index (χ2v) is 2.31. The third-order valence-corrected chi connectivity index (χ3v) is 1.36. The third-order valence-electron chi connectivity index (χ3n) is 1.36. The third kappa shape index (κ3) is 2.69. The van der Waals surface area contributed by atoms with Crippen LogP contribution in [0.2, 0.25) is 0 Å². The molecule has 0 spiro atoms. The predicted molar refractivity (Wildman–Crippen MR) is 45.9 cm³/mol. The second kappa shape index (κ2) is 5.06. The molecule has 0 radical (unpaired) electrons. The van der Waals surface area contributed by atoms with Gasteiger partial charge >= 0.3 is 0 Å². The fourth-order valence-corrected chi connectivity index (χ4v) is 0.760. The molecule has 0 aromatic carbocycles. The molecule has 1 aromatic rings. The highest BCUT2D eigenvalue weighted by molar-refractivity contribution is 5.29. The van der Waals surface area contributed by atoms with Crippen LogP contribution in [0.15, 0.2) is 12.4 Å². The lowest BCUT2D eigenvalue weighted by molar-refractivity contribution is 0.299. The van der Waals surface area contributed by atoms with Crippen molar-refractivity contribution in [2.75, 3.05) is 13.2 Å². The van der Waals surface area contributed by atoms with Gasteiger partial charge in [0.15, 0.2) is 0 Å². The van der Waals surface area contributed by atoms with E-state index in [0.717, 1.165) is 6.42 Å². The summed E-state index contributed by atoms with van der Waals surface area (Å²) in [5.41, 5.74) is 5.49. The van der Waals surface area contributed by atoms with E-state index in [-0.39, 0.29) is 11.6 Å². The molecular formula is C8H10N4O. The van der Waals surface area contributed by atoms with Crippen molar-refractivity contribution in [1.82, 2.24) is 9.97 Å². The first-order chi connectivity index (χ1) is 6.38. The van der Waals surface area contributed by atoms with Crippen LogP contribution in [-0.4, -0.2) is 23.1 Å². The van der Waals surface area contributed by atoms with Crippen molar-refractivity contribution in [3.05, 3.63) is 18.1 Å². The Labute approximate surface area is 76.2 Å². The summed E-state index contributed by atoms with van der Waals surface area (Å²) in [7, 11) is 0. The molecule has 0 amide bonds. The first-order valence-corrected chi connectivity index (χ1v) is 3.92. The van der Waals surface area contributed by atoms with Crippen LogP contribution < -0.4 is 10.5 Å². The Morgan fingerprint density at radius 3 is 2.92 bits per heavy atom. The maximum absolute atomic E-state index is 8.62. The van der Waals surface area contributed by atoms with Crippen molar-refractivity contribution in [2.24, 2.45) is 5.73 Å². The Morgan fingerprint density at radius 2 is 2.23 bits per heavy atom. The minimum atomic E-state index is 0.208. The lowest BCUT2D eigenvalue weighted by Gasteiger charge is -2.03. The maximum Gasteiger partial charge on any atom is 0.251 e. The number of nitrogens with zero attached hydrogens (tertiary/aromatic N) is 3. The zero-order valence-corrected chi connectivity index (χ0v) is 7.10. The van der Waals surface area contributed by atoms with Gasteiger partial charge in [-0.2, -0.15) is 5.26 Å². The zero-order chi connectivity index (χ0) is 9.52. The van der Waals surface area contributed by atoms with Gasteiger partial charge in [0.2, 0.25) is 5.69 Å². The van der Waals surface area contributed by atoms with Crippen molar-refractivity contribution in [2.45, 2.75) is 6.42 Å². The molecule has 0 saturated heterocycles. The van der Waals surface area contributed by atoms with Crippen molar-refractivity contribution in [3.63, 3.8) is 0 Å². The van der Waals surface area contributed by atoms with Crippen LogP contribution in [0.3, 0.4) is 0 Å². The molecule has 2 N–H and O–H groups in total. The highest BCUT2D eigenvalue weighted by atomic mass is 16.5. The van der Waals surface area contributed by atoms with Crippen LogP contribution >= 0.6 is 0 Å². The number of aromatic nitrogens is 2. The van der Waals surface area contributed by atoms with Crippen LogP contribution in [0.1, 0.15) is 12.1 Å². The SMILES string of the molecule is N#Cc1nccnc1OCCCN. The molecule has 0 saturated carbocycles. The highest BCUT2D eigenvalue weighted by Crippen LogP contribution is 2.09. The molecule has 1 heterocycles. The molecule has 0 unspecified atom stereocenters. The van der Waals surface area contributed by atoms with E-state index in [2.05, 4.69) is 9.97 Å². The normalized spacial score (nSPS) is 9.23. The number of rotatable bonds is 4. The molecule has 0 aliphatic carbocycles. The minimum Gasteiger partial charge on any atom is -0.476 e. The molecule has 1 rings (SSSR count). The van der Waals surface area contributed by atoms with Gasteiger partial charge in [-0.3, -0.25) is 0 Å². The monoisotopic (exact) mass is 178 g/mol. The van der Waals surface area contributed by atoms with Gasteiger partial charge in [-0.05, 0) is 13.0 Å². The number of nitriles is 1. The summed E-state index contributed by atoms with van der Waals surface area (Å²) in [6.45, 7) is 1.02. The van der Waals surface area contributed by atoms with Crippen molar-refractivity contribution in [1.29, 1.82) is 5.26 Å². The van der Waals surface area contributed by atoms with Gasteiger partial charge in [0.05, 0.1) is 6.61 Å². The van der Waals surface area contributed by atoms with Crippen molar-refractivity contribution in [3.8, 4) is 11.9 Å². The Bertz CT molecular complexity index is 307. The number of hydrogen-bond acceptors (Lipinski definition) is 5. The molecule has 13 heavy (non-hydrogen) atoms. The van der Waals surface area contributed by atoms with Crippen molar-refractivity contribution < 1.29 is 4.74 Å². The molecule has 0 bridgehead atoms. The van der Waals surface area contributed by atoms with Gasteiger partial charge < -0.3 is 10.5 Å². The van der Waals surface area contributed by atoms with E-state index in [1.54, 1.807) is 0 Å². The molecule has 5 nitrogen and oxygen atoms in total. The van der Waals surface area contributed by atoms with E-state index in [0.29, 0.717) is 13.2 Å². The van der Waals surface area contributed by atoms with Crippen LogP contribution in [-0.2, 0) is 0 Å². The summed E-state index contributed by atoms with van der Waals surface area (Å²) in [6, 6.07) is 1.89. The number of hydrogen-bond donors (Lipinski definition) is 1. The fourth-order valence-electron chi connectivity index (χ4n) is 0.760.